The predicted molar refractivity (Wildman–Crippen MR) is 66.2 cm³/mol. The van der Waals surface area contributed by atoms with E-state index < -0.39 is 0 Å². The summed E-state index contributed by atoms with van der Waals surface area (Å²) in [5.41, 5.74) is 1.50. The molecule has 0 amide bonds. The summed E-state index contributed by atoms with van der Waals surface area (Å²) in [5.74, 6) is 1.51. The molecule has 92 valence electrons. The Morgan fingerprint density at radius 3 is 3.06 bits per heavy atom. The summed E-state index contributed by atoms with van der Waals surface area (Å²) in [4.78, 5) is 4.21. The van der Waals surface area contributed by atoms with Crippen LogP contribution in [0.25, 0.3) is 11.4 Å². The van der Waals surface area contributed by atoms with Gasteiger partial charge in [0, 0.05) is 5.56 Å². The zero-order valence-corrected chi connectivity index (χ0v) is 10.5. The molecule has 0 bridgehead atoms. The average molecular weight is 263 g/mol. The fraction of sp³-hybridized carbons (Fsp3) is 0.250. The molecule has 0 saturated carbocycles. The molecule has 0 atom stereocenters. The molecule has 18 heavy (non-hydrogen) atoms. The Hall–Kier alpha value is -1.87. The lowest BCUT2D eigenvalue weighted by Gasteiger charge is -1.99. The molecule has 0 fully saturated rings. The second-order valence-corrected chi connectivity index (χ2v) is 4.61. The number of thioether (sulfide) groups is 1. The van der Waals surface area contributed by atoms with Gasteiger partial charge in [-0.3, -0.25) is 0 Å². The van der Waals surface area contributed by atoms with Crippen molar-refractivity contribution in [1.82, 2.24) is 10.1 Å². The van der Waals surface area contributed by atoms with Gasteiger partial charge in [0.2, 0.25) is 11.7 Å². The van der Waals surface area contributed by atoms with Crippen LogP contribution in [0.2, 0.25) is 0 Å². The monoisotopic (exact) mass is 263 g/mol. The summed E-state index contributed by atoms with van der Waals surface area (Å²) >= 11 is 1.40. The molecule has 4 nitrogen and oxygen atoms in total. The van der Waals surface area contributed by atoms with Crippen LogP contribution in [0.5, 0.6) is 0 Å². The lowest BCUT2D eigenvalue weighted by atomic mass is 10.1. The largest absolute Gasteiger partial charge is 0.338 e. The second kappa shape index (κ2) is 5.65. The minimum atomic E-state index is -0.287. The summed E-state index contributed by atoms with van der Waals surface area (Å²) in [6, 6.07) is 6.44. The molecule has 1 heterocycles. The van der Waals surface area contributed by atoms with Gasteiger partial charge in [0.25, 0.3) is 0 Å². The first kappa shape index (κ1) is 12.6. The number of aryl methyl sites for hydroxylation is 1. The van der Waals surface area contributed by atoms with E-state index in [9.17, 15) is 4.39 Å². The van der Waals surface area contributed by atoms with Crippen LogP contribution in [-0.4, -0.2) is 15.9 Å². The van der Waals surface area contributed by atoms with Crippen molar-refractivity contribution in [1.29, 1.82) is 5.26 Å². The highest BCUT2D eigenvalue weighted by Crippen LogP contribution is 2.22. The fourth-order valence-electron chi connectivity index (χ4n) is 1.48. The van der Waals surface area contributed by atoms with Crippen LogP contribution in [-0.2, 0) is 5.75 Å². The smallest absolute Gasteiger partial charge is 0.236 e. The molecule has 0 saturated heterocycles. The molecule has 2 rings (SSSR count). The average Bonchev–Trinajstić information content (AvgIpc) is 2.78. The van der Waals surface area contributed by atoms with Crippen LogP contribution in [0.4, 0.5) is 4.39 Å². The van der Waals surface area contributed by atoms with Crippen molar-refractivity contribution < 1.29 is 8.91 Å². The SMILES string of the molecule is Cc1cc(F)ccc1-c1noc(CSCC#N)n1. The third kappa shape index (κ3) is 2.87. The van der Waals surface area contributed by atoms with E-state index in [0.29, 0.717) is 23.2 Å². The van der Waals surface area contributed by atoms with E-state index >= 15 is 0 Å². The van der Waals surface area contributed by atoms with Crippen LogP contribution in [0.3, 0.4) is 0 Å². The van der Waals surface area contributed by atoms with E-state index in [1.807, 2.05) is 6.07 Å². The summed E-state index contributed by atoms with van der Waals surface area (Å²) in [6.07, 6.45) is 0. The van der Waals surface area contributed by atoms with Crippen molar-refractivity contribution in [3.63, 3.8) is 0 Å². The number of hydrogen-bond acceptors (Lipinski definition) is 5. The number of rotatable bonds is 4. The molecule has 0 N–H and O–H groups in total. The predicted octanol–water partition coefficient (Wildman–Crippen LogP) is 2.94. The summed E-state index contributed by atoms with van der Waals surface area (Å²) in [6.45, 7) is 1.79. The Kier molecular flexibility index (Phi) is 3.95. The van der Waals surface area contributed by atoms with E-state index in [2.05, 4.69) is 10.1 Å². The third-order valence-corrected chi connectivity index (χ3v) is 3.07. The van der Waals surface area contributed by atoms with Gasteiger partial charge < -0.3 is 4.52 Å². The number of hydrogen-bond donors (Lipinski definition) is 0. The van der Waals surface area contributed by atoms with E-state index in [1.165, 1.54) is 23.9 Å². The van der Waals surface area contributed by atoms with Crippen molar-refractivity contribution >= 4 is 11.8 Å². The van der Waals surface area contributed by atoms with Gasteiger partial charge in [-0.15, -0.1) is 11.8 Å². The highest BCUT2D eigenvalue weighted by Gasteiger charge is 2.11. The molecule has 1 aromatic carbocycles. The standard InChI is InChI=1S/C12H10FN3OS/c1-8-6-9(13)2-3-10(8)12-15-11(17-16-12)7-18-5-4-14/h2-3,6H,5,7H2,1H3. The molecule has 2 aromatic rings. The molecule has 0 aliphatic heterocycles. The minimum Gasteiger partial charge on any atom is -0.338 e. The Labute approximate surface area is 108 Å². The lowest BCUT2D eigenvalue weighted by Crippen LogP contribution is -1.88. The first-order valence-corrected chi connectivity index (χ1v) is 6.40. The van der Waals surface area contributed by atoms with Crippen LogP contribution < -0.4 is 0 Å². The van der Waals surface area contributed by atoms with Crippen LogP contribution >= 0.6 is 11.8 Å². The van der Waals surface area contributed by atoms with Crippen LogP contribution in [0, 0.1) is 24.1 Å². The lowest BCUT2D eigenvalue weighted by molar-refractivity contribution is 0.391. The molecule has 0 spiro atoms. The molecule has 6 heteroatoms. The quantitative estimate of drug-likeness (QED) is 0.793. The van der Waals surface area contributed by atoms with Gasteiger partial charge in [0.05, 0.1) is 17.6 Å². The Balaban J connectivity index is 2.16. The highest BCUT2D eigenvalue weighted by molar-refractivity contribution is 7.98. The minimum absolute atomic E-state index is 0.287. The van der Waals surface area contributed by atoms with Gasteiger partial charge in [-0.05, 0) is 30.7 Å². The Bertz CT molecular complexity index is 591. The van der Waals surface area contributed by atoms with Crippen molar-refractivity contribution in [2.45, 2.75) is 12.7 Å². The van der Waals surface area contributed by atoms with Crippen molar-refractivity contribution in [2.75, 3.05) is 5.75 Å². The van der Waals surface area contributed by atoms with Crippen molar-refractivity contribution in [3.8, 4) is 17.5 Å². The number of aromatic nitrogens is 2. The van der Waals surface area contributed by atoms with Gasteiger partial charge >= 0.3 is 0 Å². The highest BCUT2D eigenvalue weighted by atomic mass is 32.2. The van der Waals surface area contributed by atoms with Gasteiger partial charge in [-0.2, -0.15) is 10.2 Å². The number of benzene rings is 1. The van der Waals surface area contributed by atoms with E-state index in [1.54, 1.807) is 13.0 Å². The molecule has 0 radical (unpaired) electrons. The zero-order valence-electron chi connectivity index (χ0n) is 9.68. The zero-order chi connectivity index (χ0) is 13.0. The maximum Gasteiger partial charge on any atom is 0.236 e. The Morgan fingerprint density at radius 1 is 1.50 bits per heavy atom. The normalized spacial score (nSPS) is 10.3. The maximum atomic E-state index is 13.0. The maximum absolute atomic E-state index is 13.0. The first-order chi connectivity index (χ1) is 8.70. The summed E-state index contributed by atoms with van der Waals surface area (Å²) in [5, 5.41) is 12.3. The first-order valence-electron chi connectivity index (χ1n) is 5.24. The fourth-order valence-corrected chi connectivity index (χ4v) is 1.97. The van der Waals surface area contributed by atoms with Crippen LogP contribution in [0.1, 0.15) is 11.5 Å². The van der Waals surface area contributed by atoms with Crippen LogP contribution in [0.15, 0.2) is 22.7 Å². The molecular weight excluding hydrogens is 253 g/mol. The number of halogens is 1. The Morgan fingerprint density at radius 2 is 2.33 bits per heavy atom. The van der Waals surface area contributed by atoms with Crippen molar-refractivity contribution in [3.05, 3.63) is 35.5 Å². The molecule has 0 aliphatic carbocycles. The van der Waals surface area contributed by atoms with Crippen molar-refractivity contribution in [2.24, 2.45) is 0 Å². The van der Waals surface area contributed by atoms with Gasteiger partial charge in [-0.25, -0.2) is 4.39 Å². The summed E-state index contributed by atoms with van der Waals surface area (Å²) < 4.78 is 18.0. The van der Waals surface area contributed by atoms with E-state index in [-0.39, 0.29) is 5.82 Å². The molecule has 1 aromatic heterocycles. The van der Waals surface area contributed by atoms with Gasteiger partial charge in [0.15, 0.2) is 0 Å². The number of nitriles is 1. The third-order valence-electron chi connectivity index (χ3n) is 2.29. The molecule has 0 aliphatic rings. The van der Waals surface area contributed by atoms with E-state index in [4.69, 9.17) is 9.78 Å². The van der Waals surface area contributed by atoms with Gasteiger partial charge in [-0.1, -0.05) is 5.16 Å². The topological polar surface area (TPSA) is 62.7 Å². The van der Waals surface area contributed by atoms with Gasteiger partial charge in [0.1, 0.15) is 5.82 Å². The summed E-state index contributed by atoms with van der Waals surface area (Å²) in [7, 11) is 0. The van der Waals surface area contributed by atoms with E-state index in [0.717, 1.165) is 11.1 Å². The second-order valence-electron chi connectivity index (χ2n) is 3.62. The molecular formula is C12H10FN3OS. The number of nitrogens with zero attached hydrogens (tertiary/aromatic N) is 3. The molecule has 0 unspecified atom stereocenters.